The Morgan fingerprint density at radius 1 is 1.73 bits per heavy atom. The summed E-state index contributed by atoms with van der Waals surface area (Å²) in [6.45, 7) is 3.36. The Labute approximate surface area is 64.2 Å². The third-order valence-electron chi connectivity index (χ3n) is 1.77. The minimum absolute atomic E-state index is 0.265. The van der Waals surface area contributed by atoms with Gasteiger partial charge in [0.2, 0.25) is 0 Å². The van der Waals surface area contributed by atoms with Crippen LogP contribution in [0.15, 0.2) is 0 Å². The molecule has 0 bridgehead atoms. The van der Waals surface area contributed by atoms with Gasteiger partial charge in [-0.2, -0.15) is 0 Å². The predicted octanol–water partition coefficient (Wildman–Crippen LogP) is 0.413. The molecule has 62 valence electrons. The second-order valence-corrected chi connectivity index (χ2v) is 3.32. The van der Waals surface area contributed by atoms with E-state index < -0.39 is 23.5 Å². The molecule has 1 aliphatic rings. The van der Waals surface area contributed by atoms with Crippen LogP contribution >= 0.6 is 0 Å². The zero-order chi connectivity index (χ0) is 8.65. The van der Waals surface area contributed by atoms with Crippen LogP contribution in [0.25, 0.3) is 0 Å². The second-order valence-electron chi connectivity index (χ2n) is 3.32. The number of carbonyl (C=O) groups excluding carboxylic acids is 1. The lowest BCUT2D eigenvalue weighted by Crippen LogP contribution is -2.19. The average molecular weight is 158 g/mol. The Morgan fingerprint density at radius 3 is 2.45 bits per heavy atom. The van der Waals surface area contributed by atoms with Crippen molar-refractivity contribution in [1.82, 2.24) is 0 Å². The maximum absolute atomic E-state index is 10.9. The molecule has 1 atom stereocenters. The van der Waals surface area contributed by atoms with Crippen molar-refractivity contribution in [2.45, 2.75) is 26.4 Å². The number of carboxylic acids is 1. The highest BCUT2D eigenvalue weighted by atomic mass is 16.6. The van der Waals surface area contributed by atoms with Crippen LogP contribution in [0.2, 0.25) is 0 Å². The summed E-state index contributed by atoms with van der Waals surface area (Å²) in [5, 5.41) is 8.49. The highest BCUT2D eigenvalue weighted by molar-refractivity contribution is 5.85. The van der Waals surface area contributed by atoms with Crippen LogP contribution in [0.4, 0.5) is 0 Å². The molecule has 0 amide bonds. The van der Waals surface area contributed by atoms with Crippen molar-refractivity contribution >= 4 is 11.9 Å². The Morgan fingerprint density at radius 2 is 2.27 bits per heavy atom. The highest BCUT2D eigenvalue weighted by Gasteiger charge is 2.44. The van der Waals surface area contributed by atoms with Gasteiger partial charge in [0.05, 0.1) is 5.41 Å². The van der Waals surface area contributed by atoms with Gasteiger partial charge in [-0.15, -0.1) is 0 Å². The van der Waals surface area contributed by atoms with Crippen LogP contribution in [0, 0.1) is 5.41 Å². The van der Waals surface area contributed by atoms with Crippen LogP contribution < -0.4 is 0 Å². The molecule has 1 heterocycles. The van der Waals surface area contributed by atoms with Gasteiger partial charge >= 0.3 is 11.9 Å². The molecular weight excluding hydrogens is 148 g/mol. The van der Waals surface area contributed by atoms with E-state index in [-0.39, 0.29) is 6.42 Å². The zero-order valence-corrected chi connectivity index (χ0v) is 6.46. The van der Waals surface area contributed by atoms with E-state index in [9.17, 15) is 9.59 Å². The lowest BCUT2D eigenvalue weighted by atomic mass is 9.90. The van der Waals surface area contributed by atoms with E-state index >= 15 is 0 Å². The Bertz CT molecular complexity index is 206. The minimum atomic E-state index is -1.07. The van der Waals surface area contributed by atoms with E-state index in [1.165, 1.54) is 0 Å². The van der Waals surface area contributed by atoms with Gasteiger partial charge in [0, 0.05) is 6.42 Å². The van der Waals surface area contributed by atoms with Crippen molar-refractivity contribution in [2.24, 2.45) is 5.41 Å². The molecule has 0 radical (unpaired) electrons. The quantitative estimate of drug-likeness (QED) is 0.561. The molecule has 0 aromatic carbocycles. The number of rotatable bonds is 1. The van der Waals surface area contributed by atoms with E-state index in [1.54, 1.807) is 13.8 Å². The molecular formula is C7H10O4. The molecule has 1 fully saturated rings. The standard InChI is InChI=1S/C7H10O4/c1-7(2)3-4(5(8)9)11-6(7)10/h4H,3H2,1-2H3,(H,8,9)/t4-/m1/s1. The van der Waals surface area contributed by atoms with E-state index in [2.05, 4.69) is 4.74 Å². The summed E-state index contributed by atoms with van der Waals surface area (Å²) in [5.74, 6) is -1.49. The summed E-state index contributed by atoms with van der Waals surface area (Å²) in [5.41, 5.74) is -0.636. The molecule has 0 unspecified atom stereocenters. The number of cyclic esters (lactones) is 1. The monoisotopic (exact) mass is 158 g/mol. The number of esters is 1. The highest BCUT2D eigenvalue weighted by Crippen LogP contribution is 2.32. The number of ether oxygens (including phenoxy) is 1. The van der Waals surface area contributed by atoms with Crippen LogP contribution in [0.5, 0.6) is 0 Å². The second kappa shape index (κ2) is 2.22. The third-order valence-corrected chi connectivity index (χ3v) is 1.77. The van der Waals surface area contributed by atoms with Crippen molar-refractivity contribution in [3.8, 4) is 0 Å². The molecule has 0 saturated carbocycles. The van der Waals surface area contributed by atoms with Gasteiger partial charge in [-0.05, 0) is 13.8 Å². The zero-order valence-electron chi connectivity index (χ0n) is 6.46. The molecule has 0 aromatic rings. The molecule has 0 aliphatic carbocycles. The number of carboxylic acid groups (broad SMARTS) is 1. The van der Waals surface area contributed by atoms with Crippen molar-refractivity contribution in [1.29, 1.82) is 0 Å². The third kappa shape index (κ3) is 1.34. The first kappa shape index (κ1) is 8.04. The first-order valence-corrected chi connectivity index (χ1v) is 3.37. The maximum atomic E-state index is 10.9. The normalized spacial score (nSPS) is 28.2. The summed E-state index contributed by atoms with van der Waals surface area (Å²) in [7, 11) is 0. The molecule has 4 nitrogen and oxygen atoms in total. The van der Waals surface area contributed by atoms with E-state index in [4.69, 9.17) is 5.11 Å². The van der Waals surface area contributed by atoms with Gasteiger partial charge in [-0.25, -0.2) is 4.79 Å². The summed E-state index contributed by atoms with van der Waals surface area (Å²) >= 11 is 0. The number of aliphatic carboxylic acids is 1. The first-order chi connectivity index (χ1) is 4.93. The first-order valence-electron chi connectivity index (χ1n) is 3.37. The van der Waals surface area contributed by atoms with Gasteiger partial charge in [0.15, 0.2) is 6.10 Å². The molecule has 4 heteroatoms. The molecule has 1 N–H and O–H groups in total. The molecule has 11 heavy (non-hydrogen) atoms. The molecule has 1 aliphatic heterocycles. The fraction of sp³-hybridized carbons (Fsp3) is 0.714. The van der Waals surface area contributed by atoms with E-state index in [0.717, 1.165) is 0 Å². The van der Waals surface area contributed by atoms with Gasteiger partial charge < -0.3 is 9.84 Å². The maximum Gasteiger partial charge on any atom is 0.345 e. The predicted molar refractivity (Wildman–Crippen MR) is 35.9 cm³/mol. The minimum Gasteiger partial charge on any atom is -0.479 e. The van der Waals surface area contributed by atoms with E-state index in [1.807, 2.05) is 0 Å². The SMILES string of the molecule is CC1(C)C[C@H](C(=O)O)OC1=O. The summed E-state index contributed by atoms with van der Waals surface area (Å²) in [6.07, 6.45) is -0.682. The van der Waals surface area contributed by atoms with Crippen molar-refractivity contribution < 1.29 is 19.4 Å². The van der Waals surface area contributed by atoms with Gasteiger partial charge in [-0.3, -0.25) is 4.79 Å². The Kier molecular flexibility index (Phi) is 1.62. The lowest BCUT2D eigenvalue weighted by molar-refractivity contribution is -0.158. The van der Waals surface area contributed by atoms with Gasteiger partial charge in [-0.1, -0.05) is 0 Å². The summed E-state index contributed by atoms with van der Waals surface area (Å²) in [4.78, 5) is 21.3. The lowest BCUT2D eigenvalue weighted by Gasteiger charge is -2.08. The van der Waals surface area contributed by atoms with Crippen LogP contribution in [0.3, 0.4) is 0 Å². The molecule has 1 rings (SSSR count). The fourth-order valence-corrected chi connectivity index (χ4v) is 1.01. The molecule has 0 spiro atoms. The van der Waals surface area contributed by atoms with Crippen molar-refractivity contribution in [3.63, 3.8) is 0 Å². The average Bonchev–Trinajstić information content (AvgIpc) is 2.08. The van der Waals surface area contributed by atoms with Crippen LogP contribution in [-0.4, -0.2) is 23.1 Å². The van der Waals surface area contributed by atoms with E-state index in [0.29, 0.717) is 0 Å². The Hall–Kier alpha value is -1.06. The van der Waals surface area contributed by atoms with Gasteiger partial charge in [0.1, 0.15) is 0 Å². The molecule has 1 saturated heterocycles. The van der Waals surface area contributed by atoms with Crippen molar-refractivity contribution in [3.05, 3.63) is 0 Å². The van der Waals surface area contributed by atoms with Crippen molar-refractivity contribution in [2.75, 3.05) is 0 Å². The smallest absolute Gasteiger partial charge is 0.345 e. The number of hydrogen-bond acceptors (Lipinski definition) is 3. The molecule has 0 aromatic heterocycles. The van der Waals surface area contributed by atoms with Crippen LogP contribution in [0.1, 0.15) is 20.3 Å². The van der Waals surface area contributed by atoms with Crippen LogP contribution in [-0.2, 0) is 14.3 Å². The topological polar surface area (TPSA) is 63.6 Å². The largest absolute Gasteiger partial charge is 0.479 e. The Balaban J connectivity index is 2.72. The number of carbonyl (C=O) groups is 2. The van der Waals surface area contributed by atoms with Gasteiger partial charge in [0.25, 0.3) is 0 Å². The fourth-order valence-electron chi connectivity index (χ4n) is 1.01. The summed E-state index contributed by atoms with van der Waals surface area (Å²) in [6, 6.07) is 0. The number of hydrogen-bond donors (Lipinski definition) is 1. The summed E-state index contributed by atoms with van der Waals surface area (Å²) < 4.78 is 4.60.